The van der Waals surface area contributed by atoms with Crippen LogP contribution in [0.4, 0.5) is 5.13 Å². The number of aromatic nitrogens is 1. The summed E-state index contributed by atoms with van der Waals surface area (Å²) in [5, 5.41) is 5.29. The van der Waals surface area contributed by atoms with E-state index in [-0.39, 0.29) is 5.91 Å². The predicted molar refractivity (Wildman–Crippen MR) is 111 cm³/mol. The Morgan fingerprint density at radius 2 is 1.81 bits per heavy atom. The number of carbonyl (C=O) groups excluding carboxylic acids is 2. The fourth-order valence-corrected chi connectivity index (χ4v) is 4.00. The summed E-state index contributed by atoms with van der Waals surface area (Å²) in [6.45, 7) is 0. The van der Waals surface area contributed by atoms with Gasteiger partial charge in [-0.1, -0.05) is 30.3 Å². The van der Waals surface area contributed by atoms with Crippen molar-refractivity contribution in [1.82, 2.24) is 4.98 Å². The lowest BCUT2D eigenvalue weighted by atomic mass is 10.1. The molecular weight excluding hydrogens is 378 g/mol. The quantitative estimate of drug-likeness (QED) is 0.435. The Kier molecular flexibility index (Phi) is 6.62. The zero-order chi connectivity index (χ0) is 19.1. The first-order valence-corrected chi connectivity index (χ1v) is 10.3. The van der Waals surface area contributed by atoms with Gasteiger partial charge in [0.25, 0.3) is 0 Å². The lowest BCUT2D eigenvalue weighted by molar-refractivity contribution is -0.116. The van der Waals surface area contributed by atoms with Gasteiger partial charge in [-0.15, -0.1) is 23.1 Å². The summed E-state index contributed by atoms with van der Waals surface area (Å²) in [5.74, 6) is 0.402. The van der Waals surface area contributed by atoms with Crippen molar-refractivity contribution in [2.24, 2.45) is 5.73 Å². The predicted octanol–water partition coefficient (Wildman–Crippen LogP) is 4.42. The average Bonchev–Trinajstić information content (AvgIpc) is 3.14. The molecule has 0 radical (unpaired) electrons. The Morgan fingerprint density at radius 3 is 2.52 bits per heavy atom. The van der Waals surface area contributed by atoms with Gasteiger partial charge in [-0.3, -0.25) is 9.59 Å². The zero-order valence-corrected chi connectivity index (χ0v) is 16.2. The van der Waals surface area contributed by atoms with Crippen LogP contribution in [0.15, 0.2) is 64.9 Å². The first-order chi connectivity index (χ1) is 13.1. The highest BCUT2D eigenvalue weighted by molar-refractivity contribution is 7.99. The Bertz CT molecular complexity index is 908. The smallest absolute Gasteiger partial charge is 0.248 e. The van der Waals surface area contributed by atoms with Crippen molar-refractivity contribution >= 4 is 40.0 Å². The van der Waals surface area contributed by atoms with Gasteiger partial charge in [0.2, 0.25) is 11.8 Å². The van der Waals surface area contributed by atoms with E-state index in [1.54, 1.807) is 36.0 Å². The molecule has 0 fully saturated rings. The maximum Gasteiger partial charge on any atom is 0.248 e. The molecule has 0 aliphatic carbocycles. The van der Waals surface area contributed by atoms with E-state index in [9.17, 15) is 9.59 Å². The number of hydrogen-bond acceptors (Lipinski definition) is 5. The van der Waals surface area contributed by atoms with Gasteiger partial charge in [0.05, 0.1) is 5.69 Å². The molecule has 7 heteroatoms. The molecule has 3 N–H and O–H groups in total. The molecule has 0 aliphatic heterocycles. The van der Waals surface area contributed by atoms with Gasteiger partial charge in [0.15, 0.2) is 5.13 Å². The normalized spacial score (nSPS) is 10.5. The number of anilines is 1. The summed E-state index contributed by atoms with van der Waals surface area (Å²) < 4.78 is 0. The molecule has 0 aliphatic rings. The van der Waals surface area contributed by atoms with Crippen LogP contribution in [0.25, 0.3) is 11.3 Å². The molecule has 0 spiro atoms. The van der Waals surface area contributed by atoms with Crippen molar-refractivity contribution in [3.63, 3.8) is 0 Å². The van der Waals surface area contributed by atoms with E-state index >= 15 is 0 Å². The highest BCUT2D eigenvalue weighted by Gasteiger charge is 2.09. The number of hydrogen-bond donors (Lipinski definition) is 2. The van der Waals surface area contributed by atoms with Crippen molar-refractivity contribution in [1.29, 1.82) is 0 Å². The van der Waals surface area contributed by atoms with Crippen LogP contribution in [0.2, 0.25) is 0 Å². The second kappa shape index (κ2) is 9.34. The minimum absolute atomic E-state index is 0.0337. The number of amides is 2. The maximum atomic E-state index is 12.1. The molecule has 27 heavy (non-hydrogen) atoms. The molecule has 138 valence electrons. The number of nitrogens with zero attached hydrogens (tertiary/aromatic N) is 1. The second-order valence-corrected chi connectivity index (χ2v) is 7.82. The number of rotatable bonds is 8. The Hall–Kier alpha value is -2.64. The Balaban J connectivity index is 1.47. The number of nitrogens with one attached hydrogen (secondary N) is 1. The molecular formula is C20H19N3O2S2. The molecule has 0 atom stereocenters. The number of nitrogens with two attached hydrogens (primary N) is 1. The van der Waals surface area contributed by atoms with Gasteiger partial charge in [-0.05, 0) is 36.4 Å². The lowest BCUT2D eigenvalue weighted by Gasteiger charge is -2.03. The molecule has 0 bridgehead atoms. The summed E-state index contributed by atoms with van der Waals surface area (Å²) in [7, 11) is 0. The first kappa shape index (κ1) is 19.1. The van der Waals surface area contributed by atoms with Crippen LogP contribution in [0.1, 0.15) is 23.2 Å². The van der Waals surface area contributed by atoms with Crippen molar-refractivity contribution in [2.75, 3.05) is 11.1 Å². The van der Waals surface area contributed by atoms with Crippen LogP contribution in [0, 0.1) is 0 Å². The van der Waals surface area contributed by atoms with Crippen LogP contribution < -0.4 is 11.1 Å². The maximum absolute atomic E-state index is 12.1. The van der Waals surface area contributed by atoms with Gasteiger partial charge < -0.3 is 11.1 Å². The number of primary amides is 1. The minimum Gasteiger partial charge on any atom is -0.366 e. The number of thioether (sulfide) groups is 1. The third-order valence-corrected chi connectivity index (χ3v) is 5.63. The van der Waals surface area contributed by atoms with E-state index in [1.807, 2.05) is 23.6 Å². The molecule has 1 heterocycles. The molecule has 3 rings (SSSR count). The first-order valence-electron chi connectivity index (χ1n) is 8.45. The van der Waals surface area contributed by atoms with Crippen LogP contribution in [0.3, 0.4) is 0 Å². The topological polar surface area (TPSA) is 85.1 Å². The van der Waals surface area contributed by atoms with Crippen molar-refractivity contribution in [3.8, 4) is 11.3 Å². The summed E-state index contributed by atoms with van der Waals surface area (Å²) in [6.07, 6.45) is 1.26. The van der Waals surface area contributed by atoms with E-state index in [4.69, 9.17) is 5.73 Å². The van der Waals surface area contributed by atoms with Crippen molar-refractivity contribution in [2.45, 2.75) is 17.7 Å². The van der Waals surface area contributed by atoms with Crippen molar-refractivity contribution in [3.05, 3.63) is 65.5 Å². The van der Waals surface area contributed by atoms with Gasteiger partial charge in [-0.25, -0.2) is 4.98 Å². The molecule has 0 unspecified atom stereocenters. The Morgan fingerprint density at radius 1 is 1.07 bits per heavy atom. The highest BCUT2D eigenvalue weighted by atomic mass is 32.2. The van der Waals surface area contributed by atoms with E-state index in [0.29, 0.717) is 17.1 Å². The lowest BCUT2D eigenvalue weighted by Crippen LogP contribution is -2.11. The highest BCUT2D eigenvalue weighted by Crippen LogP contribution is 2.25. The van der Waals surface area contributed by atoms with Gasteiger partial charge in [0.1, 0.15) is 0 Å². The van der Waals surface area contributed by atoms with Gasteiger partial charge in [0, 0.05) is 27.8 Å². The molecule has 0 saturated carbocycles. The van der Waals surface area contributed by atoms with Gasteiger partial charge >= 0.3 is 0 Å². The fourth-order valence-electron chi connectivity index (χ4n) is 2.39. The second-order valence-electron chi connectivity index (χ2n) is 5.79. The molecule has 1 aromatic heterocycles. The monoisotopic (exact) mass is 397 g/mol. The fraction of sp³-hybridized carbons (Fsp3) is 0.150. The molecule has 3 aromatic rings. The van der Waals surface area contributed by atoms with Crippen LogP contribution >= 0.6 is 23.1 Å². The summed E-state index contributed by atoms with van der Waals surface area (Å²) in [4.78, 5) is 28.9. The largest absolute Gasteiger partial charge is 0.366 e. The third-order valence-electron chi connectivity index (χ3n) is 3.78. The van der Waals surface area contributed by atoms with E-state index in [0.717, 1.165) is 23.4 Å². The minimum atomic E-state index is -0.460. The number of benzene rings is 2. The zero-order valence-electron chi connectivity index (χ0n) is 14.6. The summed E-state index contributed by atoms with van der Waals surface area (Å²) in [6, 6.07) is 17.1. The molecule has 5 nitrogen and oxygen atoms in total. The summed E-state index contributed by atoms with van der Waals surface area (Å²) in [5.41, 5.74) is 7.32. The molecule has 2 amide bonds. The number of carbonyl (C=O) groups is 2. The standard InChI is InChI=1S/C20H19N3O2S2/c21-19(25)15-10-8-14(9-11-15)17-13-27-20(22-17)23-18(24)7-4-12-26-16-5-2-1-3-6-16/h1-3,5-6,8-11,13H,4,7,12H2,(H2,21,25)(H,22,23,24). The van der Waals surface area contributed by atoms with E-state index in [2.05, 4.69) is 22.4 Å². The van der Waals surface area contributed by atoms with Crippen LogP contribution in [0.5, 0.6) is 0 Å². The van der Waals surface area contributed by atoms with E-state index < -0.39 is 5.91 Å². The molecule has 2 aromatic carbocycles. The summed E-state index contributed by atoms with van der Waals surface area (Å²) >= 11 is 3.13. The van der Waals surface area contributed by atoms with Crippen molar-refractivity contribution < 1.29 is 9.59 Å². The Labute approximate surface area is 166 Å². The van der Waals surface area contributed by atoms with Crippen LogP contribution in [-0.2, 0) is 4.79 Å². The third kappa shape index (κ3) is 5.67. The number of thiazole rings is 1. The van der Waals surface area contributed by atoms with Crippen LogP contribution in [-0.4, -0.2) is 22.6 Å². The molecule has 0 saturated heterocycles. The SMILES string of the molecule is NC(=O)c1ccc(-c2csc(NC(=O)CCCSc3ccccc3)n2)cc1. The van der Waals surface area contributed by atoms with Gasteiger partial charge in [-0.2, -0.15) is 0 Å². The average molecular weight is 398 g/mol. The van der Waals surface area contributed by atoms with E-state index in [1.165, 1.54) is 16.2 Å².